The van der Waals surface area contributed by atoms with E-state index in [9.17, 15) is 119 Å². The van der Waals surface area contributed by atoms with Crippen molar-refractivity contribution in [2.75, 3.05) is 118 Å². The quantitative estimate of drug-likeness (QED) is 0.0551. The van der Waals surface area contributed by atoms with E-state index in [1.54, 1.807) is 0 Å². The number of hydrogen-bond donors (Lipinski definition) is 0. The largest absolute Gasteiger partial charge is 3.00 e. The average molecular weight is 1140 g/mol. The van der Waals surface area contributed by atoms with Gasteiger partial charge in [0.05, 0.1) is 71.6 Å². The van der Waals surface area contributed by atoms with Gasteiger partial charge in [0, 0.05) is 135 Å². The van der Waals surface area contributed by atoms with Crippen molar-refractivity contribution in [1.82, 2.24) is 29.4 Å². The minimum Gasteiger partial charge on any atom is -0.549 e. The van der Waals surface area contributed by atoms with Crippen molar-refractivity contribution in [3.8, 4) is 0 Å². The van der Waals surface area contributed by atoms with Gasteiger partial charge in [0.1, 0.15) is 0 Å². The molecule has 0 fully saturated rings. The maximum atomic E-state index is 10.4. The summed E-state index contributed by atoms with van der Waals surface area (Å²) >= 11 is 0. The molecule has 0 bridgehead atoms. The van der Waals surface area contributed by atoms with E-state index < -0.39 is 150 Å². The predicted molar refractivity (Wildman–Crippen MR) is 159 cm³/mol. The molecule has 30 nitrogen and oxygen atoms in total. The minimum absolute atomic E-state index is 0. The van der Waals surface area contributed by atoms with Crippen LogP contribution in [0.25, 0.3) is 0 Å². The van der Waals surface area contributed by atoms with Crippen molar-refractivity contribution in [3.05, 3.63) is 0 Å². The third kappa shape index (κ3) is 58.0. The molecule has 0 rings (SSSR count). The maximum Gasteiger partial charge on any atom is 3.00 e. The smallest absolute Gasteiger partial charge is 0.549 e. The number of hydrogen-bond acceptors (Lipinski definition) is 30. The second-order valence-electron chi connectivity index (χ2n) is 11.7. The molecular weight excluding hydrogens is 1110 g/mol. The van der Waals surface area contributed by atoms with Gasteiger partial charge in [0.2, 0.25) is 0 Å². The zero-order valence-electron chi connectivity index (χ0n) is 33.0. The first kappa shape index (κ1) is 78.2. The van der Waals surface area contributed by atoms with Gasteiger partial charge in [-0.25, -0.2) is 0 Å². The van der Waals surface area contributed by atoms with Crippen LogP contribution in [0.15, 0.2) is 0 Å². The fourth-order valence-electron chi connectivity index (χ4n) is 4.32. The summed E-state index contributed by atoms with van der Waals surface area (Å²) in [5.41, 5.74) is 0. The normalized spacial score (nSPS) is 9.88. The van der Waals surface area contributed by atoms with E-state index in [2.05, 4.69) is 0 Å². The second-order valence-corrected chi connectivity index (χ2v) is 11.7. The van der Waals surface area contributed by atoms with Crippen LogP contribution in [-0.2, 0) is 143 Å². The molecule has 0 amide bonds. The van der Waals surface area contributed by atoms with Crippen LogP contribution < -0.4 is 61.3 Å². The zero-order chi connectivity index (χ0) is 47.1. The molecule has 0 heterocycles. The van der Waals surface area contributed by atoms with E-state index in [1.807, 2.05) is 0 Å². The Morgan fingerprint density at radius 2 is 0.262 bits per heavy atom. The standard InChI is InChI=1S/3C10H16N2O8.5Fe/c3*13-7(14)3-11(4-8(15)16)1-2-12(5-9(17)18)6-10(19)20;;;;;/h3*1-6H2,(H,13,14)(H,15,16)(H,17,18)(H,19,20);;;;;/q;;;;4*+3/p-12. The average Bonchev–Trinajstić information content (AvgIpc) is 3.02. The first-order valence-corrected chi connectivity index (χ1v) is 16.3. The van der Waals surface area contributed by atoms with E-state index in [1.165, 1.54) is 0 Å². The summed E-state index contributed by atoms with van der Waals surface area (Å²) in [6.07, 6.45) is 0. The van der Waals surface area contributed by atoms with Gasteiger partial charge in [0.15, 0.2) is 0 Å². The van der Waals surface area contributed by atoms with Crippen LogP contribution in [0.1, 0.15) is 0 Å². The van der Waals surface area contributed by atoms with Gasteiger partial charge >= 0.3 is 68.3 Å². The summed E-state index contributed by atoms with van der Waals surface area (Å²) in [6, 6.07) is 0. The molecule has 0 N–H and O–H groups in total. The first-order valence-electron chi connectivity index (χ1n) is 16.3. The van der Waals surface area contributed by atoms with Crippen molar-refractivity contribution in [1.29, 1.82) is 0 Å². The van der Waals surface area contributed by atoms with Gasteiger partial charge in [0.25, 0.3) is 0 Å². The number of carboxylic acids is 12. The van der Waals surface area contributed by atoms with Crippen molar-refractivity contribution in [3.63, 3.8) is 0 Å². The van der Waals surface area contributed by atoms with Crippen LogP contribution in [-0.4, -0.2) is 219 Å². The molecule has 4 radical (unpaired) electrons. The Labute approximate surface area is 420 Å². The van der Waals surface area contributed by atoms with Gasteiger partial charge in [-0.1, -0.05) is 0 Å². The van der Waals surface area contributed by atoms with Crippen molar-refractivity contribution in [2.24, 2.45) is 0 Å². The van der Waals surface area contributed by atoms with Crippen LogP contribution in [0.3, 0.4) is 0 Å². The summed E-state index contributed by atoms with van der Waals surface area (Å²) in [5, 5.41) is 125. The molecule has 0 saturated carbocycles. The van der Waals surface area contributed by atoms with Crippen molar-refractivity contribution < 1.29 is 204 Å². The van der Waals surface area contributed by atoms with Crippen LogP contribution >= 0.6 is 0 Å². The monoisotopic (exact) mass is 1140 g/mol. The molecule has 0 saturated heterocycles. The van der Waals surface area contributed by atoms with Gasteiger partial charge < -0.3 is 119 Å². The zero-order valence-corrected chi connectivity index (χ0v) is 38.5. The summed E-state index contributed by atoms with van der Waals surface area (Å²) in [7, 11) is 0. The Morgan fingerprint density at radius 3 is 0.308 bits per heavy atom. The Bertz CT molecular complexity index is 1140. The van der Waals surface area contributed by atoms with Crippen LogP contribution in [0.5, 0.6) is 0 Å². The van der Waals surface area contributed by atoms with Gasteiger partial charge in [-0.05, 0) is 0 Å². The fourth-order valence-corrected chi connectivity index (χ4v) is 4.32. The molecule has 0 unspecified atom stereocenters. The van der Waals surface area contributed by atoms with E-state index in [-0.39, 0.29) is 125 Å². The maximum absolute atomic E-state index is 10.4. The summed E-state index contributed by atoms with van der Waals surface area (Å²) < 4.78 is 0. The number of aliphatic carboxylic acids is 12. The molecule has 0 spiro atoms. The molecule has 35 heteroatoms. The van der Waals surface area contributed by atoms with Crippen LogP contribution in [0.2, 0.25) is 0 Å². The summed E-state index contributed by atoms with van der Waals surface area (Å²) in [4.78, 5) is 130. The van der Waals surface area contributed by atoms with Gasteiger partial charge in [-0.15, -0.1) is 0 Å². The number of carboxylic acid groups (broad SMARTS) is 12. The van der Waals surface area contributed by atoms with Crippen LogP contribution in [0.4, 0.5) is 0 Å². The Balaban J connectivity index is -0.000000120. The predicted octanol–water partition coefficient (Wildman–Crippen LogP) is -22.2. The van der Waals surface area contributed by atoms with Gasteiger partial charge in [-0.3, -0.25) is 29.4 Å². The third-order valence-corrected chi connectivity index (χ3v) is 6.43. The third-order valence-electron chi connectivity index (χ3n) is 6.43. The molecule has 0 aromatic heterocycles. The first-order chi connectivity index (χ1) is 27.6. The molecule has 0 aliphatic heterocycles. The van der Waals surface area contributed by atoms with E-state index in [0.717, 1.165) is 29.4 Å². The molecule has 65 heavy (non-hydrogen) atoms. The van der Waals surface area contributed by atoms with E-state index in [4.69, 9.17) is 0 Å². The van der Waals surface area contributed by atoms with Crippen molar-refractivity contribution in [2.45, 2.75) is 0 Å². The molecule has 0 aliphatic rings. The van der Waals surface area contributed by atoms with Gasteiger partial charge in [-0.2, -0.15) is 0 Å². The summed E-state index contributed by atoms with van der Waals surface area (Å²) in [6.45, 7) is -9.75. The summed E-state index contributed by atoms with van der Waals surface area (Å²) in [5.74, 6) is -18.4. The molecule has 0 atom stereocenters. The number of carbonyl (C=O) groups is 12. The van der Waals surface area contributed by atoms with Crippen molar-refractivity contribution >= 4 is 71.6 Å². The number of rotatable bonds is 33. The second kappa shape index (κ2) is 45.2. The topological polar surface area (TPSA) is 501 Å². The van der Waals surface area contributed by atoms with E-state index in [0.29, 0.717) is 0 Å². The Hall–Kier alpha value is -4.00. The molecule has 0 aromatic rings. The van der Waals surface area contributed by atoms with E-state index >= 15 is 0 Å². The van der Waals surface area contributed by atoms with Crippen LogP contribution in [0, 0.1) is 0 Å². The number of carbonyl (C=O) groups excluding carboxylic acids is 12. The Morgan fingerprint density at radius 1 is 0.200 bits per heavy atom. The molecule has 370 valence electrons. The minimum atomic E-state index is -1.53. The number of nitrogens with zero attached hydrogens (tertiary/aromatic N) is 6. The fraction of sp³-hybridized carbons (Fsp3) is 0.600. The SMILES string of the molecule is O=C([O-])CN(CCN(CC(=O)[O-])CC(=O)[O-])CC(=O)[O-].O=C([O-])CN(CCN(CC(=O)[O-])CC(=O)[O-])CC(=O)[O-].O=C([O-])CN(CCN(CC(=O)[O-])CC(=O)[O-])CC(=O)[O-].[Fe+3].[Fe+3].[Fe+3].[Fe+3].[Fe]. The molecular formula is C30H36Fe5N6O24. The Kier molecular flexibility index (Phi) is 54.3. The molecule has 0 aromatic carbocycles. The molecule has 0 aliphatic carbocycles.